The van der Waals surface area contributed by atoms with E-state index < -0.39 is 0 Å². The zero-order valence-corrected chi connectivity index (χ0v) is 9.53. The first-order valence-electron chi connectivity index (χ1n) is 5.40. The number of aromatic nitrogens is 2. The number of hydrogen-bond donors (Lipinski definition) is 1. The second kappa shape index (κ2) is 4.90. The van der Waals surface area contributed by atoms with Gasteiger partial charge in [0.15, 0.2) is 5.82 Å². The molecule has 4 heteroatoms. The van der Waals surface area contributed by atoms with Gasteiger partial charge in [0.25, 0.3) is 5.89 Å². The zero-order chi connectivity index (χ0) is 11.4. The molecule has 0 saturated heterocycles. The lowest BCUT2D eigenvalue weighted by Crippen LogP contribution is -2.06. The molecule has 0 spiro atoms. The third kappa shape index (κ3) is 2.28. The van der Waals surface area contributed by atoms with Crippen LogP contribution in [0, 0.1) is 0 Å². The average Bonchev–Trinajstić information content (AvgIpc) is 2.78. The number of hydrogen-bond acceptors (Lipinski definition) is 4. The molecule has 1 aromatic carbocycles. The van der Waals surface area contributed by atoms with Crippen LogP contribution < -0.4 is 5.32 Å². The first kappa shape index (κ1) is 10.8. The molecule has 2 aromatic rings. The fourth-order valence-electron chi connectivity index (χ4n) is 1.48. The highest BCUT2D eigenvalue weighted by Crippen LogP contribution is 2.17. The van der Waals surface area contributed by atoms with Crippen molar-refractivity contribution in [2.24, 2.45) is 0 Å². The third-order valence-electron chi connectivity index (χ3n) is 2.41. The number of nitrogens with one attached hydrogen (secondary N) is 1. The maximum absolute atomic E-state index is 5.18. The van der Waals surface area contributed by atoms with E-state index in [1.165, 1.54) is 5.56 Å². The van der Waals surface area contributed by atoms with Gasteiger partial charge in [0.05, 0.1) is 6.54 Å². The lowest BCUT2D eigenvalue weighted by Gasteiger charge is -1.97. The van der Waals surface area contributed by atoms with Crippen LogP contribution in [0.5, 0.6) is 0 Å². The van der Waals surface area contributed by atoms with Crippen LogP contribution in [0.4, 0.5) is 0 Å². The van der Waals surface area contributed by atoms with E-state index in [-0.39, 0.29) is 0 Å². The van der Waals surface area contributed by atoms with Crippen molar-refractivity contribution in [1.29, 1.82) is 0 Å². The minimum Gasteiger partial charge on any atom is -0.334 e. The molecule has 1 aromatic heterocycles. The molecule has 0 aliphatic carbocycles. The van der Waals surface area contributed by atoms with Crippen molar-refractivity contribution in [2.45, 2.75) is 19.9 Å². The Kier molecular flexibility index (Phi) is 3.31. The van der Waals surface area contributed by atoms with Crippen LogP contribution >= 0.6 is 0 Å². The Morgan fingerprint density at radius 3 is 2.62 bits per heavy atom. The monoisotopic (exact) mass is 217 g/mol. The maximum Gasteiger partial charge on any atom is 0.257 e. The highest BCUT2D eigenvalue weighted by atomic mass is 16.5. The van der Waals surface area contributed by atoms with Crippen LogP contribution in [-0.4, -0.2) is 17.2 Å². The topological polar surface area (TPSA) is 51.0 Å². The van der Waals surface area contributed by atoms with Gasteiger partial charge in [0.1, 0.15) is 0 Å². The zero-order valence-electron chi connectivity index (χ0n) is 9.53. The van der Waals surface area contributed by atoms with E-state index in [1.54, 1.807) is 0 Å². The molecule has 16 heavy (non-hydrogen) atoms. The lowest BCUT2D eigenvalue weighted by atomic mass is 10.1. The van der Waals surface area contributed by atoms with Crippen molar-refractivity contribution >= 4 is 0 Å². The van der Waals surface area contributed by atoms with E-state index in [9.17, 15) is 0 Å². The normalized spacial score (nSPS) is 10.6. The summed E-state index contributed by atoms with van der Waals surface area (Å²) in [7, 11) is 1.85. The van der Waals surface area contributed by atoms with E-state index in [4.69, 9.17) is 4.52 Å². The maximum atomic E-state index is 5.18. The van der Waals surface area contributed by atoms with Gasteiger partial charge in [0.2, 0.25) is 0 Å². The minimum absolute atomic E-state index is 0.577. The van der Waals surface area contributed by atoms with Gasteiger partial charge < -0.3 is 9.84 Å². The Bertz CT molecular complexity index is 448. The second-order valence-electron chi connectivity index (χ2n) is 3.60. The van der Waals surface area contributed by atoms with Crippen molar-refractivity contribution in [3.05, 3.63) is 35.7 Å². The highest BCUT2D eigenvalue weighted by Gasteiger charge is 2.07. The van der Waals surface area contributed by atoms with Crippen molar-refractivity contribution < 1.29 is 4.52 Å². The van der Waals surface area contributed by atoms with Crippen LogP contribution in [0.1, 0.15) is 18.3 Å². The molecule has 0 bridgehead atoms. The molecule has 0 amide bonds. The highest BCUT2D eigenvalue weighted by molar-refractivity contribution is 5.53. The van der Waals surface area contributed by atoms with Crippen molar-refractivity contribution in [3.8, 4) is 11.5 Å². The van der Waals surface area contributed by atoms with Gasteiger partial charge >= 0.3 is 0 Å². The number of benzene rings is 1. The summed E-state index contributed by atoms with van der Waals surface area (Å²) in [5.41, 5.74) is 2.27. The van der Waals surface area contributed by atoms with Crippen LogP contribution in [0.25, 0.3) is 11.5 Å². The average molecular weight is 217 g/mol. The summed E-state index contributed by atoms with van der Waals surface area (Å²) in [6.45, 7) is 2.75. The Morgan fingerprint density at radius 1 is 1.25 bits per heavy atom. The molecular weight excluding hydrogens is 202 g/mol. The van der Waals surface area contributed by atoms with E-state index >= 15 is 0 Å². The van der Waals surface area contributed by atoms with Crippen molar-refractivity contribution in [3.63, 3.8) is 0 Å². The van der Waals surface area contributed by atoms with Crippen LogP contribution in [0.15, 0.2) is 28.8 Å². The predicted molar refractivity (Wildman–Crippen MR) is 61.9 cm³/mol. The number of nitrogens with zero attached hydrogens (tertiary/aromatic N) is 2. The summed E-state index contributed by atoms with van der Waals surface area (Å²) in [5, 5.41) is 6.86. The Labute approximate surface area is 94.7 Å². The lowest BCUT2D eigenvalue weighted by molar-refractivity contribution is 0.420. The second-order valence-corrected chi connectivity index (χ2v) is 3.60. The third-order valence-corrected chi connectivity index (χ3v) is 2.41. The van der Waals surface area contributed by atoms with E-state index in [1.807, 2.05) is 19.2 Å². The SMILES string of the molecule is CCc1ccc(-c2nc(CNC)no2)cc1. The fraction of sp³-hybridized carbons (Fsp3) is 0.333. The Balaban J connectivity index is 2.21. The summed E-state index contributed by atoms with van der Waals surface area (Å²) >= 11 is 0. The van der Waals surface area contributed by atoms with Gasteiger partial charge in [-0.25, -0.2) is 0 Å². The van der Waals surface area contributed by atoms with Gasteiger partial charge in [-0.05, 0) is 31.2 Å². The van der Waals surface area contributed by atoms with Crippen LogP contribution in [-0.2, 0) is 13.0 Å². The van der Waals surface area contributed by atoms with Gasteiger partial charge in [-0.1, -0.05) is 24.2 Å². The van der Waals surface area contributed by atoms with E-state index in [2.05, 4.69) is 34.5 Å². The summed E-state index contributed by atoms with van der Waals surface area (Å²) in [5.74, 6) is 1.25. The minimum atomic E-state index is 0.577. The van der Waals surface area contributed by atoms with Gasteiger partial charge in [-0.3, -0.25) is 0 Å². The largest absolute Gasteiger partial charge is 0.334 e. The summed E-state index contributed by atoms with van der Waals surface area (Å²) in [6, 6.07) is 8.18. The summed E-state index contributed by atoms with van der Waals surface area (Å²) < 4.78 is 5.18. The Hall–Kier alpha value is -1.68. The number of rotatable bonds is 4. The van der Waals surface area contributed by atoms with E-state index in [0.717, 1.165) is 12.0 Å². The van der Waals surface area contributed by atoms with Crippen LogP contribution in [0.3, 0.4) is 0 Å². The molecule has 1 heterocycles. The van der Waals surface area contributed by atoms with Crippen LogP contribution in [0.2, 0.25) is 0 Å². The smallest absolute Gasteiger partial charge is 0.257 e. The fourth-order valence-corrected chi connectivity index (χ4v) is 1.48. The molecule has 0 fully saturated rings. The molecule has 1 N–H and O–H groups in total. The van der Waals surface area contributed by atoms with Crippen molar-refractivity contribution in [2.75, 3.05) is 7.05 Å². The predicted octanol–water partition coefficient (Wildman–Crippen LogP) is 2.02. The number of aryl methyl sites for hydroxylation is 1. The summed E-state index contributed by atoms with van der Waals surface area (Å²) in [6.07, 6.45) is 1.04. The molecule has 0 aliphatic heterocycles. The van der Waals surface area contributed by atoms with Gasteiger partial charge in [-0.2, -0.15) is 4.98 Å². The molecule has 2 rings (SSSR count). The molecule has 0 atom stereocenters. The Morgan fingerprint density at radius 2 is 2.00 bits per heavy atom. The van der Waals surface area contributed by atoms with Gasteiger partial charge in [0, 0.05) is 5.56 Å². The van der Waals surface area contributed by atoms with Gasteiger partial charge in [-0.15, -0.1) is 0 Å². The first-order valence-corrected chi connectivity index (χ1v) is 5.40. The van der Waals surface area contributed by atoms with E-state index in [0.29, 0.717) is 18.3 Å². The summed E-state index contributed by atoms with van der Waals surface area (Å²) in [4.78, 5) is 4.29. The molecular formula is C12H15N3O. The first-order chi connectivity index (χ1) is 7.83. The molecule has 0 unspecified atom stereocenters. The molecule has 84 valence electrons. The molecule has 0 aliphatic rings. The quantitative estimate of drug-likeness (QED) is 0.851. The molecule has 0 radical (unpaired) electrons. The molecule has 0 saturated carbocycles. The standard InChI is InChI=1S/C12H15N3O/c1-3-9-4-6-10(7-5-9)12-14-11(8-13-2)15-16-12/h4-7,13H,3,8H2,1-2H3. The molecule has 4 nitrogen and oxygen atoms in total. The van der Waals surface area contributed by atoms with Crippen molar-refractivity contribution in [1.82, 2.24) is 15.5 Å².